The van der Waals surface area contributed by atoms with Crippen LogP contribution in [0.25, 0.3) is 0 Å². The first-order valence-corrected chi connectivity index (χ1v) is 23.7. The van der Waals surface area contributed by atoms with Crippen molar-refractivity contribution < 1.29 is 25.2 Å². The molecule has 0 aliphatic carbocycles. The van der Waals surface area contributed by atoms with Crippen LogP contribution in [-0.2, 0) is 4.79 Å². The largest absolute Gasteiger partial charge is 0.394 e. The second kappa shape index (κ2) is 42.9. The lowest BCUT2D eigenvalue weighted by atomic mass is 9.99. The van der Waals surface area contributed by atoms with E-state index in [0.29, 0.717) is 12.8 Å². The summed E-state index contributed by atoms with van der Waals surface area (Å²) in [6, 6.07) is -0.983. The molecule has 0 aromatic heterocycles. The molecule has 0 aromatic carbocycles. The van der Waals surface area contributed by atoms with Crippen LogP contribution in [0.5, 0.6) is 0 Å². The number of unbranched alkanes of at least 4 members (excludes halogenated alkanes) is 30. The lowest BCUT2D eigenvalue weighted by molar-refractivity contribution is -0.132. The van der Waals surface area contributed by atoms with Crippen LogP contribution >= 0.6 is 0 Å². The number of carbonyl (C=O) groups excluding carboxylic acids is 1. The number of rotatable bonds is 43. The Kier molecular flexibility index (Phi) is 42.0. The van der Waals surface area contributed by atoms with Crippen molar-refractivity contribution in [3.8, 4) is 0 Å². The van der Waals surface area contributed by atoms with Gasteiger partial charge in [-0.3, -0.25) is 4.79 Å². The third-order valence-electron chi connectivity index (χ3n) is 11.2. The number of hydrogen-bond donors (Lipinski definition) is 5. The summed E-state index contributed by atoms with van der Waals surface area (Å²) in [5.74, 6) is -0.583. The maximum atomic E-state index is 12.5. The second-order valence-corrected chi connectivity index (χ2v) is 16.4. The molecule has 0 fully saturated rings. The smallest absolute Gasteiger partial charge is 0.249 e. The van der Waals surface area contributed by atoms with Crippen LogP contribution in [0.15, 0.2) is 24.3 Å². The third kappa shape index (κ3) is 36.4. The Morgan fingerprint density at radius 3 is 1.26 bits per heavy atom. The third-order valence-corrected chi connectivity index (χ3v) is 11.2. The van der Waals surface area contributed by atoms with E-state index in [0.717, 1.165) is 51.4 Å². The molecule has 0 saturated carbocycles. The minimum absolute atomic E-state index is 0.370. The molecule has 4 unspecified atom stereocenters. The zero-order valence-corrected chi connectivity index (χ0v) is 36.0. The molecule has 0 heterocycles. The van der Waals surface area contributed by atoms with Gasteiger partial charge in [-0.15, -0.1) is 0 Å². The van der Waals surface area contributed by atoms with Crippen LogP contribution in [0.1, 0.15) is 245 Å². The van der Waals surface area contributed by atoms with E-state index >= 15 is 0 Å². The summed E-state index contributed by atoms with van der Waals surface area (Å²) in [5, 5.41) is 43.8. The summed E-state index contributed by atoms with van der Waals surface area (Å²) in [6.07, 6.45) is 49.2. The minimum atomic E-state index is -1.26. The Balaban J connectivity index is 3.68. The summed E-state index contributed by atoms with van der Waals surface area (Å²) in [5.41, 5.74) is 0. The van der Waals surface area contributed by atoms with E-state index in [2.05, 4.69) is 43.5 Å². The van der Waals surface area contributed by atoms with Crippen molar-refractivity contribution in [2.45, 2.75) is 269 Å². The highest BCUT2D eigenvalue weighted by molar-refractivity contribution is 5.80. The fraction of sp³-hybridized carbons (Fsp3) is 0.896. The molecule has 320 valence electrons. The van der Waals surface area contributed by atoms with Crippen molar-refractivity contribution in [2.24, 2.45) is 0 Å². The van der Waals surface area contributed by atoms with E-state index in [-0.39, 0.29) is 0 Å². The first-order chi connectivity index (χ1) is 26.5. The standard InChI is InChI=1S/C48H93NO5/c1-3-5-7-9-11-13-15-17-19-21-23-24-26-28-30-32-34-36-38-40-42-46(52)48(54)49-44(43-50)47(53)45(51)41-39-37-35-33-31-29-27-25-22-20-18-16-14-12-10-8-6-4-2/h5,7,11,13,44-47,50-53H,3-4,6,8-10,12,14-43H2,1-2H3,(H,49,54)/b7-5-,13-11-. The van der Waals surface area contributed by atoms with Gasteiger partial charge in [0.15, 0.2) is 0 Å². The summed E-state index contributed by atoms with van der Waals surface area (Å²) in [4.78, 5) is 12.5. The fourth-order valence-electron chi connectivity index (χ4n) is 7.44. The monoisotopic (exact) mass is 764 g/mol. The van der Waals surface area contributed by atoms with E-state index in [1.54, 1.807) is 0 Å². The lowest BCUT2D eigenvalue weighted by Crippen LogP contribution is -2.53. The molecule has 0 spiro atoms. The average Bonchev–Trinajstić information content (AvgIpc) is 3.18. The second-order valence-electron chi connectivity index (χ2n) is 16.4. The van der Waals surface area contributed by atoms with Crippen molar-refractivity contribution in [2.75, 3.05) is 6.61 Å². The number of aliphatic hydroxyl groups is 4. The molecule has 5 N–H and O–H groups in total. The van der Waals surface area contributed by atoms with Gasteiger partial charge in [-0.05, 0) is 38.5 Å². The van der Waals surface area contributed by atoms with E-state index in [1.165, 1.54) is 167 Å². The molecule has 0 bridgehead atoms. The zero-order chi connectivity index (χ0) is 39.6. The molecule has 0 saturated heterocycles. The van der Waals surface area contributed by atoms with E-state index < -0.39 is 36.9 Å². The van der Waals surface area contributed by atoms with Crippen molar-refractivity contribution in [3.63, 3.8) is 0 Å². The van der Waals surface area contributed by atoms with Crippen LogP contribution in [0.4, 0.5) is 0 Å². The molecule has 0 aliphatic rings. The van der Waals surface area contributed by atoms with Gasteiger partial charge in [0.1, 0.15) is 12.2 Å². The quantitative estimate of drug-likeness (QED) is 0.0314. The minimum Gasteiger partial charge on any atom is -0.394 e. The molecule has 6 nitrogen and oxygen atoms in total. The predicted molar refractivity (Wildman–Crippen MR) is 233 cm³/mol. The highest BCUT2D eigenvalue weighted by atomic mass is 16.3. The van der Waals surface area contributed by atoms with Gasteiger partial charge in [0.05, 0.1) is 18.8 Å². The van der Waals surface area contributed by atoms with Crippen LogP contribution in [0, 0.1) is 0 Å². The van der Waals surface area contributed by atoms with E-state index in [9.17, 15) is 25.2 Å². The average molecular weight is 764 g/mol. The van der Waals surface area contributed by atoms with Gasteiger partial charge in [0.25, 0.3) is 0 Å². The van der Waals surface area contributed by atoms with E-state index in [1.807, 2.05) is 0 Å². The number of hydrogen-bond acceptors (Lipinski definition) is 5. The zero-order valence-electron chi connectivity index (χ0n) is 36.0. The molecule has 0 aliphatic heterocycles. The van der Waals surface area contributed by atoms with Gasteiger partial charge in [0.2, 0.25) is 5.91 Å². The van der Waals surface area contributed by atoms with E-state index in [4.69, 9.17) is 0 Å². The van der Waals surface area contributed by atoms with Crippen molar-refractivity contribution in [3.05, 3.63) is 24.3 Å². The Morgan fingerprint density at radius 2 is 0.852 bits per heavy atom. The van der Waals surface area contributed by atoms with Gasteiger partial charge in [-0.1, -0.05) is 231 Å². The Bertz CT molecular complexity index is 817. The molecule has 0 aromatic rings. The van der Waals surface area contributed by atoms with Crippen LogP contribution in [-0.4, -0.2) is 57.3 Å². The normalized spacial score (nSPS) is 14.3. The van der Waals surface area contributed by atoms with Crippen LogP contribution in [0.3, 0.4) is 0 Å². The molecule has 6 heteroatoms. The van der Waals surface area contributed by atoms with Crippen molar-refractivity contribution in [1.29, 1.82) is 0 Å². The van der Waals surface area contributed by atoms with Crippen LogP contribution < -0.4 is 5.32 Å². The van der Waals surface area contributed by atoms with Gasteiger partial charge in [0, 0.05) is 0 Å². The fourth-order valence-corrected chi connectivity index (χ4v) is 7.44. The molecule has 0 rings (SSSR count). The lowest BCUT2D eigenvalue weighted by Gasteiger charge is -2.27. The number of aliphatic hydroxyl groups excluding tert-OH is 4. The highest BCUT2D eigenvalue weighted by Gasteiger charge is 2.28. The Morgan fingerprint density at radius 1 is 0.481 bits per heavy atom. The maximum absolute atomic E-state index is 12.5. The Hall–Kier alpha value is -1.21. The summed E-state index contributed by atoms with van der Waals surface area (Å²) in [6.45, 7) is 3.97. The number of carbonyl (C=O) groups is 1. The van der Waals surface area contributed by atoms with Crippen molar-refractivity contribution in [1.82, 2.24) is 5.32 Å². The number of allylic oxidation sites excluding steroid dienone is 4. The number of nitrogens with one attached hydrogen (secondary N) is 1. The topological polar surface area (TPSA) is 110 Å². The first kappa shape index (κ1) is 52.8. The molecule has 54 heavy (non-hydrogen) atoms. The van der Waals surface area contributed by atoms with Crippen molar-refractivity contribution >= 4 is 5.91 Å². The predicted octanol–water partition coefficient (Wildman–Crippen LogP) is 12.7. The van der Waals surface area contributed by atoms with Crippen LogP contribution in [0.2, 0.25) is 0 Å². The van der Waals surface area contributed by atoms with Gasteiger partial charge in [-0.2, -0.15) is 0 Å². The maximum Gasteiger partial charge on any atom is 0.249 e. The molecular formula is C48H93NO5. The molecule has 0 radical (unpaired) electrons. The Labute approximate surface area is 335 Å². The molecular weight excluding hydrogens is 671 g/mol. The highest BCUT2D eigenvalue weighted by Crippen LogP contribution is 2.17. The molecule has 4 atom stereocenters. The molecule has 1 amide bonds. The summed E-state index contributed by atoms with van der Waals surface area (Å²) < 4.78 is 0. The van der Waals surface area contributed by atoms with Gasteiger partial charge < -0.3 is 25.7 Å². The number of amides is 1. The van der Waals surface area contributed by atoms with Gasteiger partial charge in [-0.25, -0.2) is 0 Å². The summed E-state index contributed by atoms with van der Waals surface area (Å²) in [7, 11) is 0. The summed E-state index contributed by atoms with van der Waals surface area (Å²) >= 11 is 0. The first-order valence-electron chi connectivity index (χ1n) is 23.7. The van der Waals surface area contributed by atoms with Gasteiger partial charge >= 0.3 is 0 Å². The SMILES string of the molecule is CC/C=C\C/C=C\CCCCCCCCCCCCCCCC(O)C(=O)NC(CO)C(O)C(O)CCCCCCCCCCCCCCCCCCCC.